The number of nitrogens with zero attached hydrogens (tertiary/aromatic N) is 5. The van der Waals surface area contributed by atoms with Gasteiger partial charge in [0.1, 0.15) is 17.0 Å². The monoisotopic (exact) mass is 411 g/mol. The zero-order chi connectivity index (χ0) is 21.6. The van der Waals surface area contributed by atoms with Gasteiger partial charge in [0.05, 0.1) is 10.6 Å². The van der Waals surface area contributed by atoms with Crippen LogP contribution in [-0.2, 0) is 0 Å². The fourth-order valence-electron chi connectivity index (χ4n) is 3.13. The normalized spacial score (nSPS) is 11.0. The van der Waals surface area contributed by atoms with Gasteiger partial charge in [-0.3, -0.25) is 10.1 Å². The Balaban J connectivity index is 2.04. The fraction of sp³-hybridized carbons (Fsp3) is 0.0526. The molecule has 1 N–H and O–H groups in total. The maximum Gasteiger partial charge on any atom is 0.358 e. The number of aromatic nitrogens is 4. The molecule has 0 spiro atoms. The highest BCUT2D eigenvalue weighted by molar-refractivity contribution is 5.95. The Morgan fingerprint density at radius 3 is 2.50 bits per heavy atom. The molecule has 0 saturated heterocycles. The summed E-state index contributed by atoms with van der Waals surface area (Å²) in [5, 5.41) is 28.1. The molecule has 30 heavy (non-hydrogen) atoms. The van der Waals surface area contributed by atoms with Gasteiger partial charge in [0.2, 0.25) is 0 Å². The number of non-ortho nitro benzene ring substituents is 1. The first-order valence-corrected chi connectivity index (χ1v) is 8.47. The van der Waals surface area contributed by atoms with Crippen LogP contribution in [0.3, 0.4) is 0 Å². The highest BCUT2D eigenvalue weighted by Crippen LogP contribution is 2.31. The second-order valence-electron chi connectivity index (χ2n) is 6.37. The number of nitro groups is 1. The largest absolute Gasteiger partial charge is 0.476 e. The van der Waals surface area contributed by atoms with Crippen LogP contribution in [-0.4, -0.2) is 36.0 Å². The summed E-state index contributed by atoms with van der Waals surface area (Å²) < 4.78 is 29.3. The standard InChI is InChI=1S/C19H11F2N5O4/c1-9-6-15(13-7-11(20)8-14(21)16(13)22-9)25-18(17(19(27)28)23-24-25)10-2-4-12(5-3-10)26(29)30/h2-8H,1H3,(H,27,28). The molecule has 11 heteroatoms. The number of aromatic carboxylic acids is 1. The van der Waals surface area contributed by atoms with Crippen LogP contribution in [0.4, 0.5) is 14.5 Å². The third-order valence-electron chi connectivity index (χ3n) is 4.39. The van der Waals surface area contributed by atoms with E-state index in [1.807, 2.05) is 0 Å². The molecule has 4 rings (SSSR count). The van der Waals surface area contributed by atoms with Crippen molar-refractivity contribution in [3.63, 3.8) is 0 Å². The van der Waals surface area contributed by atoms with Crippen molar-refractivity contribution >= 4 is 22.6 Å². The summed E-state index contributed by atoms with van der Waals surface area (Å²) in [6.07, 6.45) is 0. The van der Waals surface area contributed by atoms with Crippen molar-refractivity contribution in [1.29, 1.82) is 0 Å². The van der Waals surface area contributed by atoms with Gasteiger partial charge in [-0.05, 0) is 31.2 Å². The van der Waals surface area contributed by atoms with Crippen molar-refractivity contribution in [3.05, 3.63) is 75.6 Å². The van der Waals surface area contributed by atoms with Crippen LogP contribution >= 0.6 is 0 Å². The second kappa shape index (κ2) is 6.95. The number of halogens is 2. The first-order chi connectivity index (χ1) is 14.3. The van der Waals surface area contributed by atoms with Crippen LogP contribution in [0.2, 0.25) is 0 Å². The lowest BCUT2D eigenvalue weighted by Gasteiger charge is -2.12. The molecule has 0 amide bonds. The van der Waals surface area contributed by atoms with Gasteiger partial charge in [-0.25, -0.2) is 23.2 Å². The molecule has 0 radical (unpaired) electrons. The number of pyridine rings is 1. The molecule has 0 bridgehead atoms. The minimum absolute atomic E-state index is 0.00559. The van der Waals surface area contributed by atoms with Crippen molar-refractivity contribution in [2.24, 2.45) is 0 Å². The van der Waals surface area contributed by atoms with E-state index in [0.29, 0.717) is 11.8 Å². The number of rotatable bonds is 4. The molecule has 2 aromatic heterocycles. The van der Waals surface area contributed by atoms with E-state index in [1.165, 1.54) is 30.3 Å². The fourth-order valence-corrected chi connectivity index (χ4v) is 3.13. The van der Waals surface area contributed by atoms with Crippen LogP contribution in [0, 0.1) is 28.7 Å². The molecule has 4 aromatic rings. The number of carboxylic acids is 1. The molecule has 0 atom stereocenters. The average molecular weight is 411 g/mol. The Hall–Kier alpha value is -4.28. The number of hydrogen-bond donors (Lipinski definition) is 1. The summed E-state index contributed by atoms with van der Waals surface area (Å²) in [5.74, 6) is -3.12. The average Bonchev–Trinajstić information content (AvgIpc) is 3.13. The Morgan fingerprint density at radius 1 is 1.17 bits per heavy atom. The number of fused-ring (bicyclic) bond motifs is 1. The van der Waals surface area contributed by atoms with E-state index in [0.717, 1.165) is 10.7 Å². The molecule has 0 unspecified atom stereocenters. The Morgan fingerprint density at radius 2 is 1.87 bits per heavy atom. The molecule has 0 aliphatic carbocycles. The number of hydrogen-bond acceptors (Lipinski definition) is 6. The van der Waals surface area contributed by atoms with Crippen molar-refractivity contribution in [1.82, 2.24) is 20.0 Å². The summed E-state index contributed by atoms with van der Waals surface area (Å²) in [6.45, 7) is 1.59. The summed E-state index contributed by atoms with van der Waals surface area (Å²) in [5.41, 5.74) is 0.0616. The number of carbonyl (C=O) groups is 1. The number of nitro benzene ring substituents is 1. The van der Waals surface area contributed by atoms with E-state index in [1.54, 1.807) is 6.92 Å². The molecule has 9 nitrogen and oxygen atoms in total. The van der Waals surface area contributed by atoms with E-state index < -0.39 is 28.2 Å². The number of carboxylic acid groups (broad SMARTS) is 1. The van der Waals surface area contributed by atoms with Gasteiger partial charge in [0.15, 0.2) is 11.5 Å². The minimum Gasteiger partial charge on any atom is -0.476 e. The summed E-state index contributed by atoms with van der Waals surface area (Å²) in [4.78, 5) is 26.1. The van der Waals surface area contributed by atoms with Crippen LogP contribution in [0.1, 0.15) is 16.2 Å². The second-order valence-corrected chi connectivity index (χ2v) is 6.37. The van der Waals surface area contributed by atoms with Crippen molar-refractivity contribution in [2.75, 3.05) is 0 Å². The summed E-state index contributed by atoms with van der Waals surface area (Å²) in [6, 6.07) is 8.33. The van der Waals surface area contributed by atoms with Crippen molar-refractivity contribution in [3.8, 4) is 16.9 Å². The lowest BCUT2D eigenvalue weighted by molar-refractivity contribution is -0.384. The topological polar surface area (TPSA) is 124 Å². The van der Waals surface area contributed by atoms with Crippen molar-refractivity contribution in [2.45, 2.75) is 6.92 Å². The third-order valence-corrected chi connectivity index (χ3v) is 4.39. The highest BCUT2D eigenvalue weighted by atomic mass is 19.1. The number of benzene rings is 2. The van der Waals surface area contributed by atoms with Gasteiger partial charge in [-0.15, -0.1) is 5.10 Å². The number of aryl methyl sites for hydroxylation is 1. The predicted octanol–water partition coefficient (Wildman–Crippen LogP) is 3.68. The first kappa shape index (κ1) is 19.1. The van der Waals surface area contributed by atoms with Gasteiger partial charge in [-0.2, -0.15) is 0 Å². The van der Waals surface area contributed by atoms with E-state index in [-0.39, 0.29) is 33.5 Å². The highest BCUT2D eigenvalue weighted by Gasteiger charge is 2.24. The molecular weight excluding hydrogens is 400 g/mol. The maximum absolute atomic E-state index is 14.3. The lowest BCUT2D eigenvalue weighted by atomic mass is 10.1. The molecule has 150 valence electrons. The van der Waals surface area contributed by atoms with Crippen LogP contribution < -0.4 is 0 Å². The molecule has 0 saturated carbocycles. The predicted molar refractivity (Wildman–Crippen MR) is 100 cm³/mol. The Labute approximate surface area is 166 Å². The van der Waals surface area contributed by atoms with Crippen LogP contribution in [0.5, 0.6) is 0 Å². The summed E-state index contributed by atoms with van der Waals surface area (Å²) >= 11 is 0. The van der Waals surface area contributed by atoms with Gasteiger partial charge >= 0.3 is 5.97 Å². The zero-order valence-corrected chi connectivity index (χ0v) is 15.2. The van der Waals surface area contributed by atoms with Gasteiger partial charge in [0, 0.05) is 34.8 Å². The Bertz CT molecular complexity index is 1340. The van der Waals surface area contributed by atoms with E-state index >= 15 is 0 Å². The quantitative estimate of drug-likeness (QED) is 0.401. The Kier molecular flexibility index (Phi) is 4.42. The minimum atomic E-state index is -1.39. The van der Waals surface area contributed by atoms with E-state index in [4.69, 9.17) is 0 Å². The van der Waals surface area contributed by atoms with Gasteiger partial charge < -0.3 is 5.11 Å². The van der Waals surface area contributed by atoms with Gasteiger partial charge in [0.25, 0.3) is 5.69 Å². The molecular formula is C19H11F2N5O4. The van der Waals surface area contributed by atoms with E-state index in [2.05, 4.69) is 15.3 Å². The SMILES string of the molecule is Cc1cc(-n2nnc(C(=O)O)c2-c2ccc([N+](=O)[O-])cc2)c2cc(F)cc(F)c2n1. The smallest absolute Gasteiger partial charge is 0.358 e. The molecule has 0 aliphatic rings. The summed E-state index contributed by atoms with van der Waals surface area (Å²) in [7, 11) is 0. The zero-order valence-electron chi connectivity index (χ0n) is 15.2. The maximum atomic E-state index is 14.3. The molecule has 0 aliphatic heterocycles. The molecule has 2 aromatic carbocycles. The third kappa shape index (κ3) is 3.11. The first-order valence-electron chi connectivity index (χ1n) is 8.47. The van der Waals surface area contributed by atoms with Crippen LogP contribution in [0.15, 0.2) is 42.5 Å². The van der Waals surface area contributed by atoms with Crippen molar-refractivity contribution < 1.29 is 23.6 Å². The molecule has 2 heterocycles. The lowest BCUT2D eigenvalue weighted by Crippen LogP contribution is -2.05. The van der Waals surface area contributed by atoms with E-state index in [9.17, 15) is 28.8 Å². The van der Waals surface area contributed by atoms with Crippen LogP contribution in [0.25, 0.3) is 27.8 Å². The van der Waals surface area contributed by atoms with Gasteiger partial charge in [-0.1, -0.05) is 5.21 Å². The molecule has 0 fully saturated rings.